The molecule has 0 saturated heterocycles. The van der Waals surface area contributed by atoms with Crippen LogP contribution in [0, 0.1) is 0 Å². The summed E-state index contributed by atoms with van der Waals surface area (Å²) in [6, 6.07) is 0.599. The van der Waals surface area contributed by atoms with Crippen LogP contribution >= 0.6 is 11.3 Å². The molecule has 0 aliphatic rings. The summed E-state index contributed by atoms with van der Waals surface area (Å²) >= 11 is 1.25. The Morgan fingerprint density at radius 1 is 1.16 bits per heavy atom. The van der Waals surface area contributed by atoms with Gasteiger partial charge in [-0.05, 0) is 12.8 Å². The molecule has 0 amide bonds. The molecule has 0 aliphatic carbocycles. The van der Waals surface area contributed by atoms with E-state index in [1.807, 2.05) is 5.38 Å². The van der Waals surface area contributed by atoms with Crippen molar-refractivity contribution in [3.8, 4) is 0 Å². The number of H-pyrrole nitrogens is 1. The molecular weight excluding hydrogens is 256 g/mol. The monoisotopic (exact) mass is 284 g/mol. The standard InChI is InChI=1S/C15H28N2OS/c1-3-5-7-9-13(10-8-6-4-2)16-11-14-12-19-15(18)17-14/h12-13,16H,3-11H2,1-2H3,(H,17,18). The van der Waals surface area contributed by atoms with Gasteiger partial charge in [0.25, 0.3) is 0 Å². The van der Waals surface area contributed by atoms with E-state index in [0.717, 1.165) is 12.2 Å². The SMILES string of the molecule is CCCCCC(CCCCC)NCc1csc(=O)[nH]1. The molecule has 1 rings (SSSR count). The van der Waals surface area contributed by atoms with Crippen molar-refractivity contribution in [2.24, 2.45) is 0 Å². The van der Waals surface area contributed by atoms with Gasteiger partial charge in [-0.1, -0.05) is 63.7 Å². The first-order valence-electron chi connectivity index (χ1n) is 7.66. The van der Waals surface area contributed by atoms with E-state index in [0.29, 0.717) is 6.04 Å². The Kier molecular flexibility index (Phi) is 8.84. The van der Waals surface area contributed by atoms with Gasteiger partial charge in [-0.2, -0.15) is 0 Å². The second kappa shape index (κ2) is 10.2. The molecular formula is C15H28N2OS. The molecule has 0 fully saturated rings. The van der Waals surface area contributed by atoms with E-state index in [4.69, 9.17) is 0 Å². The molecule has 19 heavy (non-hydrogen) atoms. The fraction of sp³-hybridized carbons (Fsp3) is 0.800. The Hall–Kier alpha value is -0.610. The van der Waals surface area contributed by atoms with Gasteiger partial charge in [-0.25, -0.2) is 0 Å². The number of rotatable bonds is 11. The summed E-state index contributed by atoms with van der Waals surface area (Å²) in [7, 11) is 0. The van der Waals surface area contributed by atoms with Gasteiger partial charge in [0.1, 0.15) is 0 Å². The van der Waals surface area contributed by atoms with Gasteiger partial charge in [0.2, 0.25) is 0 Å². The Balaban J connectivity index is 2.31. The minimum Gasteiger partial charge on any atom is -0.315 e. The summed E-state index contributed by atoms with van der Waals surface area (Å²) in [4.78, 5) is 14.0. The van der Waals surface area contributed by atoms with E-state index in [9.17, 15) is 4.79 Å². The van der Waals surface area contributed by atoms with E-state index < -0.39 is 0 Å². The average Bonchev–Trinajstić information content (AvgIpc) is 2.81. The number of unbranched alkanes of at least 4 members (excludes halogenated alkanes) is 4. The molecule has 0 radical (unpaired) electrons. The van der Waals surface area contributed by atoms with Crippen LogP contribution in [0.3, 0.4) is 0 Å². The molecule has 2 N–H and O–H groups in total. The van der Waals surface area contributed by atoms with Crippen LogP contribution < -0.4 is 10.2 Å². The lowest BCUT2D eigenvalue weighted by molar-refractivity contribution is 0.416. The molecule has 0 aromatic carbocycles. The lowest BCUT2D eigenvalue weighted by Crippen LogP contribution is -2.29. The Bertz CT molecular complexity index is 362. The zero-order chi connectivity index (χ0) is 13.9. The Morgan fingerprint density at radius 3 is 2.26 bits per heavy atom. The van der Waals surface area contributed by atoms with Gasteiger partial charge in [0, 0.05) is 23.7 Å². The minimum atomic E-state index is 0.0466. The van der Waals surface area contributed by atoms with Crippen LogP contribution in [0.4, 0.5) is 0 Å². The highest BCUT2D eigenvalue weighted by Crippen LogP contribution is 2.11. The number of hydrogen-bond donors (Lipinski definition) is 2. The minimum absolute atomic E-state index is 0.0466. The zero-order valence-electron chi connectivity index (χ0n) is 12.3. The summed E-state index contributed by atoms with van der Waals surface area (Å²) in [5.41, 5.74) is 1.02. The van der Waals surface area contributed by atoms with E-state index in [1.165, 1.54) is 62.7 Å². The third-order valence-electron chi connectivity index (χ3n) is 3.46. The summed E-state index contributed by atoms with van der Waals surface area (Å²) < 4.78 is 0. The molecule has 0 aliphatic heterocycles. The maximum Gasteiger partial charge on any atom is 0.304 e. The highest BCUT2D eigenvalue weighted by Gasteiger charge is 2.08. The van der Waals surface area contributed by atoms with E-state index in [2.05, 4.69) is 24.1 Å². The third kappa shape index (κ3) is 7.53. The van der Waals surface area contributed by atoms with Crippen LogP contribution in [-0.4, -0.2) is 11.0 Å². The molecule has 110 valence electrons. The predicted octanol–water partition coefficient (Wildman–Crippen LogP) is 4.06. The quantitative estimate of drug-likeness (QED) is 0.602. The molecule has 0 atom stereocenters. The molecule has 1 aromatic rings. The summed E-state index contributed by atoms with van der Waals surface area (Å²) in [6.07, 6.45) is 10.3. The first kappa shape index (κ1) is 16.4. The van der Waals surface area contributed by atoms with Crippen LogP contribution in [0.5, 0.6) is 0 Å². The van der Waals surface area contributed by atoms with Crippen LogP contribution in [0.15, 0.2) is 10.2 Å². The normalized spacial score (nSPS) is 11.3. The van der Waals surface area contributed by atoms with Gasteiger partial charge >= 0.3 is 4.87 Å². The predicted molar refractivity (Wildman–Crippen MR) is 83.9 cm³/mol. The van der Waals surface area contributed by atoms with Crippen molar-refractivity contribution < 1.29 is 0 Å². The summed E-state index contributed by atoms with van der Waals surface area (Å²) in [6.45, 7) is 5.28. The lowest BCUT2D eigenvalue weighted by atomic mass is 10.0. The highest BCUT2D eigenvalue weighted by molar-refractivity contribution is 7.07. The van der Waals surface area contributed by atoms with Gasteiger partial charge in [-0.3, -0.25) is 4.79 Å². The fourth-order valence-corrected chi connectivity index (χ4v) is 2.87. The molecule has 1 heterocycles. The third-order valence-corrected chi connectivity index (χ3v) is 4.18. The maximum absolute atomic E-state index is 11.1. The van der Waals surface area contributed by atoms with Gasteiger partial charge in [0.05, 0.1) is 0 Å². The largest absolute Gasteiger partial charge is 0.315 e. The summed E-state index contributed by atoms with van der Waals surface area (Å²) in [5.74, 6) is 0. The van der Waals surface area contributed by atoms with E-state index in [-0.39, 0.29) is 4.87 Å². The number of hydrogen-bond acceptors (Lipinski definition) is 3. The molecule has 0 spiro atoms. The highest BCUT2D eigenvalue weighted by atomic mass is 32.1. The molecule has 0 bridgehead atoms. The van der Waals surface area contributed by atoms with Crippen LogP contribution in [-0.2, 0) is 6.54 Å². The van der Waals surface area contributed by atoms with Crippen molar-refractivity contribution in [1.29, 1.82) is 0 Å². The zero-order valence-corrected chi connectivity index (χ0v) is 13.2. The van der Waals surface area contributed by atoms with E-state index in [1.54, 1.807) is 0 Å². The van der Waals surface area contributed by atoms with Crippen molar-refractivity contribution in [3.63, 3.8) is 0 Å². The number of thiazole rings is 1. The van der Waals surface area contributed by atoms with Crippen molar-refractivity contribution in [3.05, 3.63) is 20.7 Å². The van der Waals surface area contributed by atoms with Crippen molar-refractivity contribution in [2.75, 3.05) is 0 Å². The smallest absolute Gasteiger partial charge is 0.304 e. The lowest BCUT2D eigenvalue weighted by Gasteiger charge is -2.18. The van der Waals surface area contributed by atoms with Crippen molar-refractivity contribution >= 4 is 11.3 Å². The van der Waals surface area contributed by atoms with Crippen LogP contribution in [0.2, 0.25) is 0 Å². The van der Waals surface area contributed by atoms with Crippen molar-refractivity contribution in [2.45, 2.75) is 77.8 Å². The van der Waals surface area contributed by atoms with Gasteiger partial charge in [0.15, 0.2) is 0 Å². The second-order valence-electron chi connectivity index (χ2n) is 5.24. The van der Waals surface area contributed by atoms with E-state index >= 15 is 0 Å². The molecule has 4 heteroatoms. The van der Waals surface area contributed by atoms with Gasteiger partial charge < -0.3 is 10.3 Å². The molecule has 0 unspecified atom stereocenters. The summed E-state index contributed by atoms with van der Waals surface area (Å²) in [5, 5.41) is 5.52. The second-order valence-corrected chi connectivity index (χ2v) is 6.08. The first-order valence-corrected chi connectivity index (χ1v) is 8.54. The Labute approximate surface area is 120 Å². The molecule has 0 saturated carbocycles. The Morgan fingerprint density at radius 2 is 1.79 bits per heavy atom. The number of nitrogens with one attached hydrogen (secondary N) is 2. The van der Waals surface area contributed by atoms with Crippen LogP contribution in [0.25, 0.3) is 0 Å². The molecule has 3 nitrogen and oxygen atoms in total. The first-order chi connectivity index (χ1) is 9.26. The molecule has 1 aromatic heterocycles. The number of aromatic amines is 1. The average molecular weight is 284 g/mol. The van der Waals surface area contributed by atoms with Crippen molar-refractivity contribution in [1.82, 2.24) is 10.3 Å². The van der Waals surface area contributed by atoms with Crippen LogP contribution in [0.1, 0.15) is 70.9 Å². The number of aromatic nitrogens is 1. The fourth-order valence-electron chi connectivity index (χ4n) is 2.28. The maximum atomic E-state index is 11.1. The van der Waals surface area contributed by atoms with Gasteiger partial charge in [-0.15, -0.1) is 0 Å². The topological polar surface area (TPSA) is 44.9 Å².